The SMILES string of the molecule is CCCCCCCCCCCCCCCCCCCCCCCC(=O)O[C@H](COC(=O)CCCCCCCCCCCCCCCCCCCCC)COP(=O)(O)OC[C@@H](O)COP(=O)(O)OC[C@@H](COC(=O)CCCCCCCCCCCC(C)C)OC(=O)CCCCCCCCCCCCC(C)C. The first-order valence-corrected chi connectivity index (χ1v) is 47.5. The van der Waals surface area contributed by atoms with E-state index in [4.69, 9.17) is 37.0 Å². The van der Waals surface area contributed by atoms with Gasteiger partial charge >= 0.3 is 39.5 Å². The number of hydrogen-bond acceptors (Lipinski definition) is 15. The number of carbonyl (C=O) groups excluding carboxylic acids is 4. The Morgan fingerprint density at radius 1 is 0.257 bits per heavy atom. The van der Waals surface area contributed by atoms with Crippen LogP contribution in [0.15, 0.2) is 0 Å². The lowest BCUT2D eigenvalue weighted by Gasteiger charge is -2.21. The predicted octanol–water partition coefficient (Wildman–Crippen LogP) is 26.2. The molecule has 105 heavy (non-hydrogen) atoms. The van der Waals surface area contributed by atoms with Crippen LogP contribution in [0.4, 0.5) is 0 Å². The largest absolute Gasteiger partial charge is 0.472 e. The van der Waals surface area contributed by atoms with Crippen LogP contribution in [0.5, 0.6) is 0 Å². The number of aliphatic hydroxyl groups is 1. The van der Waals surface area contributed by atoms with Crippen LogP contribution in [0.2, 0.25) is 0 Å². The molecule has 0 aliphatic heterocycles. The van der Waals surface area contributed by atoms with Gasteiger partial charge in [-0.15, -0.1) is 0 Å². The van der Waals surface area contributed by atoms with Gasteiger partial charge in [0.15, 0.2) is 12.2 Å². The first-order valence-electron chi connectivity index (χ1n) is 44.5. The van der Waals surface area contributed by atoms with Crippen molar-refractivity contribution in [2.75, 3.05) is 39.6 Å². The van der Waals surface area contributed by atoms with Crippen LogP contribution >= 0.6 is 15.6 Å². The molecule has 0 fully saturated rings. The van der Waals surface area contributed by atoms with E-state index in [1.807, 2.05) is 0 Å². The Morgan fingerprint density at radius 3 is 0.648 bits per heavy atom. The smallest absolute Gasteiger partial charge is 0.462 e. The predicted molar refractivity (Wildman–Crippen MR) is 432 cm³/mol. The van der Waals surface area contributed by atoms with E-state index in [1.165, 1.54) is 276 Å². The van der Waals surface area contributed by atoms with E-state index in [1.54, 1.807) is 0 Å². The molecule has 0 saturated carbocycles. The molecular weight excluding hydrogens is 1370 g/mol. The Hall–Kier alpha value is -1.94. The highest BCUT2D eigenvalue weighted by atomic mass is 31.2. The van der Waals surface area contributed by atoms with Gasteiger partial charge in [-0.2, -0.15) is 0 Å². The zero-order chi connectivity index (χ0) is 77.1. The minimum Gasteiger partial charge on any atom is -0.462 e. The van der Waals surface area contributed by atoms with Gasteiger partial charge in [-0.3, -0.25) is 37.3 Å². The number of unbranched alkanes of at least 4 members (excludes halogenated alkanes) is 55. The maximum absolute atomic E-state index is 13.2. The number of phosphoric ester groups is 2. The minimum absolute atomic E-state index is 0.106. The maximum Gasteiger partial charge on any atom is 0.472 e. The van der Waals surface area contributed by atoms with E-state index in [2.05, 4.69) is 41.5 Å². The third-order valence-electron chi connectivity index (χ3n) is 20.2. The summed E-state index contributed by atoms with van der Waals surface area (Å²) < 4.78 is 68.9. The summed E-state index contributed by atoms with van der Waals surface area (Å²) in [5.41, 5.74) is 0. The summed E-state index contributed by atoms with van der Waals surface area (Å²) in [6.07, 6.45) is 69.6. The lowest BCUT2D eigenvalue weighted by Crippen LogP contribution is -2.30. The molecule has 0 radical (unpaired) electrons. The van der Waals surface area contributed by atoms with Crippen LogP contribution in [0, 0.1) is 11.8 Å². The van der Waals surface area contributed by atoms with Gasteiger partial charge < -0.3 is 33.8 Å². The van der Waals surface area contributed by atoms with Crippen LogP contribution in [0.25, 0.3) is 0 Å². The number of ether oxygens (including phenoxy) is 4. The van der Waals surface area contributed by atoms with Crippen LogP contribution in [-0.2, 0) is 65.4 Å². The molecule has 0 spiro atoms. The second-order valence-electron chi connectivity index (χ2n) is 31.9. The first-order chi connectivity index (χ1) is 50.9. The Balaban J connectivity index is 5.23. The van der Waals surface area contributed by atoms with Crippen LogP contribution < -0.4 is 0 Å². The molecule has 2 unspecified atom stereocenters. The number of hydrogen-bond donors (Lipinski definition) is 3. The fourth-order valence-corrected chi connectivity index (χ4v) is 15.0. The van der Waals surface area contributed by atoms with Gasteiger partial charge in [-0.1, -0.05) is 408 Å². The standard InChI is InChI=1S/C86H168O17P2/c1-7-9-11-13-15-17-19-21-23-25-27-28-30-32-34-36-38-45-52-58-64-70-85(90)102-81(74-96-83(88)68-62-56-50-44-37-35-33-31-29-26-24-22-20-18-16-14-12-10-8-2)76-100-104(92,93)98-72-80(87)73-99-105(94,95)101-77-82(75-97-84(89)69-63-57-51-47-41-43-49-55-61-67-79(5)6)103-86(91)71-65-59-53-46-40-39-42-48-54-60-66-78(3)4/h78-82,87H,7-77H2,1-6H3,(H,92,93)(H,94,95)/t80-,81-,82-/m1/s1. The Morgan fingerprint density at radius 2 is 0.438 bits per heavy atom. The molecule has 0 amide bonds. The lowest BCUT2D eigenvalue weighted by molar-refractivity contribution is -0.161. The molecule has 0 aliphatic rings. The quantitative estimate of drug-likeness (QED) is 0.0222. The molecule has 624 valence electrons. The van der Waals surface area contributed by atoms with Gasteiger partial charge in [0, 0.05) is 25.7 Å². The van der Waals surface area contributed by atoms with Crippen molar-refractivity contribution in [3.05, 3.63) is 0 Å². The van der Waals surface area contributed by atoms with Crippen LogP contribution in [-0.4, -0.2) is 96.7 Å². The van der Waals surface area contributed by atoms with Crippen molar-refractivity contribution < 1.29 is 80.2 Å². The van der Waals surface area contributed by atoms with E-state index >= 15 is 0 Å². The molecule has 0 aromatic heterocycles. The van der Waals surface area contributed by atoms with Crippen molar-refractivity contribution in [1.82, 2.24) is 0 Å². The summed E-state index contributed by atoms with van der Waals surface area (Å²) in [6, 6.07) is 0. The third-order valence-corrected chi connectivity index (χ3v) is 22.1. The molecule has 5 atom stereocenters. The number of aliphatic hydroxyl groups excluding tert-OH is 1. The van der Waals surface area contributed by atoms with Crippen molar-refractivity contribution >= 4 is 39.5 Å². The monoisotopic (exact) mass is 1540 g/mol. The molecule has 0 saturated heterocycles. The maximum atomic E-state index is 13.2. The molecule has 0 bridgehead atoms. The summed E-state index contributed by atoms with van der Waals surface area (Å²) in [5, 5.41) is 10.7. The fraction of sp³-hybridized carbons (Fsp3) is 0.953. The average Bonchev–Trinajstić information content (AvgIpc) is 0.908. The summed E-state index contributed by atoms with van der Waals surface area (Å²) in [6.45, 7) is 9.64. The highest BCUT2D eigenvalue weighted by Gasteiger charge is 2.30. The highest BCUT2D eigenvalue weighted by Crippen LogP contribution is 2.45. The van der Waals surface area contributed by atoms with Crippen molar-refractivity contribution in [3.8, 4) is 0 Å². The normalized spacial score (nSPS) is 13.8. The zero-order valence-corrected chi connectivity index (χ0v) is 70.8. The number of carbonyl (C=O) groups is 4. The number of phosphoric acid groups is 2. The van der Waals surface area contributed by atoms with Gasteiger partial charge in [0.2, 0.25) is 0 Å². The van der Waals surface area contributed by atoms with Gasteiger partial charge in [-0.25, -0.2) is 9.13 Å². The van der Waals surface area contributed by atoms with Crippen LogP contribution in [0.3, 0.4) is 0 Å². The van der Waals surface area contributed by atoms with E-state index in [-0.39, 0.29) is 25.7 Å². The molecule has 17 nitrogen and oxygen atoms in total. The molecule has 0 aliphatic carbocycles. The van der Waals surface area contributed by atoms with E-state index in [0.29, 0.717) is 25.7 Å². The third kappa shape index (κ3) is 79.9. The van der Waals surface area contributed by atoms with Gasteiger partial charge in [0.25, 0.3) is 0 Å². The molecule has 3 N–H and O–H groups in total. The number of rotatable bonds is 85. The van der Waals surface area contributed by atoms with E-state index in [9.17, 15) is 43.2 Å². The summed E-state index contributed by atoms with van der Waals surface area (Å²) in [4.78, 5) is 73.2. The fourth-order valence-electron chi connectivity index (χ4n) is 13.4. The average molecular weight is 1540 g/mol. The second kappa shape index (κ2) is 77.4. The minimum atomic E-state index is -4.97. The Bertz CT molecular complexity index is 2010. The highest BCUT2D eigenvalue weighted by molar-refractivity contribution is 7.47. The van der Waals surface area contributed by atoms with Crippen molar-refractivity contribution in [2.45, 2.75) is 477 Å². The van der Waals surface area contributed by atoms with Crippen molar-refractivity contribution in [2.24, 2.45) is 11.8 Å². The summed E-state index contributed by atoms with van der Waals surface area (Å²) in [5.74, 6) is -0.608. The van der Waals surface area contributed by atoms with Crippen molar-refractivity contribution in [3.63, 3.8) is 0 Å². The number of esters is 4. The van der Waals surface area contributed by atoms with Gasteiger partial charge in [-0.05, 0) is 37.5 Å². The summed E-state index contributed by atoms with van der Waals surface area (Å²) >= 11 is 0. The van der Waals surface area contributed by atoms with Crippen molar-refractivity contribution in [1.29, 1.82) is 0 Å². The van der Waals surface area contributed by atoms with Gasteiger partial charge in [0.05, 0.1) is 26.4 Å². The van der Waals surface area contributed by atoms with E-state index in [0.717, 1.165) is 102 Å². The molecule has 0 aromatic carbocycles. The first kappa shape index (κ1) is 103. The topological polar surface area (TPSA) is 237 Å². The van der Waals surface area contributed by atoms with Gasteiger partial charge in [0.1, 0.15) is 19.3 Å². The van der Waals surface area contributed by atoms with E-state index < -0.39 is 97.5 Å². The lowest BCUT2D eigenvalue weighted by atomic mass is 10.0. The second-order valence-corrected chi connectivity index (χ2v) is 34.8. The molecule has 0 heterocycles. The molecule has 19 heteroatoms. The zero-order valence-electron chi connectivity index (χ0n) is 69.0. The molecule has 0 rings (SSSR count). The molecular formula is C86H168O17P2. The summed E-state index contributed by atoms with van der Waals surface area (Å²) in [7, 11) is -9.93. The van der Waals surface area contributed by atoms with Crippen LogP contribution in [0.1, 0.15) is 459 Å². The Kier molecular flexibility index (Phi) is 76.0. The Labute approximate surface area is 645 Å². The molecule has 0 aromatic rings.